The summed E-state index contributed by atoms with van der Waals surface area (Å²) < 4.78 is 0. The van der Waals surface area contributed by atoms with Crippen molar-refractivity contribution in [2.24, 2.45) is 10.8 Å². The van der Waals surface area contributed by atoms with E-state index in [1.54, 1.807) is 0 Å². The van der Waals surface area contributed by atoms with Crippen LogP contribution in [-0.2, 0) is 0 Å². The van der Waals surface area contributed by atoms with Gasteiger partial charge >= 0.3 is 0 Å². The Morgan fingerprint density at radius 1 is 1.33 bits per heavy atom. The van der Waals surface area contributed by atoms with Crippen molar-refractivity contribution in [2.45, 2.75) is 20.8 Å². The maximum Gasteiger partial charge on any atom is 0.210 e. The van der Waals surface area contributed by atoms with Gasteiger partial charge in [-0.1, -0.05) is 18.2 Å². The van der Waals surface area contributed by atoms with Crippen LogP contribution in [0.4, 0.5) is 5.69 Å². The number of nitrogens with one attached hydrogen (secondary N) is 2. The van der Waals surface area contributed by atoms with Gasteiger partial charge in [-0.15, -0.1) is 0 Å². The van der Waals surface area contributed by atoms with Crippen LogP contribution in [0.15, 0.2) is 23.2 Å². The molecule has 4 heteroatoms. The summed E-state index contributed by atoms with van der Waals surface area (Å²) in [6.45, 7) is 6.76. The van der Waals surface area contributed by atoms with Crippen LogP contribution in [-0.4, -0.2) is 12.5 Å². The zero-order valence-corrected chi connectivity index (χ0v) is 9.46. The van der Waals surface area contributed by atoms with Crippen LogP contribution in [0.25, 0.3) is 0 Å². The van der Waals surface area contributed by atoms with E-state index in [4.69, 9.17) is 5.84 Å². The number of aliphatic imine (C=N–C) groups is 1. The maximum atomic E-state index is 5.36. The fourth-order valence-electron chi connectivity index (χ4n) is 1.41. The number of aryl methyl sites for hydroxylation is 2. The molecule has 0 spiro atoms. The second kappa shape index (κ2) is 5.36. The van der Waals surface area contributed by atoms with Gasteiger partial charge < -0.3 is 5.32 Å². The Morgan fingerprint density at radius 3 is 2.40 bits per heavy atom. The van der Waals surface area contributed by atoms with Crippen molar-refractivity contribution in [3.63, 3.8) is 0 Å². The predicted molar refractivity (Wildman–Crippen MR) is 64.8 cm³/mol. The number of nitrogens with two attached hydrogens (primary N) is 1. The van der Waals surface area contributed by atoms with Gasteiger partial charge in [0.2, 0.25) is 5.96 Å². The van der Waals surface area contributed by atoms with Crippen LogP contribution < -0.4 is 16.6 Å². The summed E-state index contributed by atoms with van der Waals surface area (Å²) in [6.07, 6.45) is 0. The molecule has 0 aliphatic rings. The summed E-state index contributed by atoms with van der Waals surface area (Å²) in [5.41, 5.74) is 5.95. The highest BCUT2D eigenvalue weighted by Crippen LogP contribution is 2.18. The largest absolute Gasteiger partial charge is 0.325 e. The number of anilines is 1. The second-order valence-electron chi connectivity index (χ2n) is 3.36. The zero-order chi connectivity index (χ0) is 11.3. The lowest BCUT2D eigenvalue weighted by Crippen LogP contribution is -2.36. The molecule has 0 aliphatic carbocycles. The molecule has 4 nitrogen and oxygen atoms in total. The predicted octanol–water partition coefficient (Wildman–Crippen LogP) is 1.55. The highest BCUT2D eigenvalue weighted by atomic mass is 15.3. The van der Waals surface area contributed by atoms with Crippen LogP contribution in [0.1, 0.15) is 18.1 Å². The molecule has 0 heterocycles. The van der Waals surface area contributed by atoms with Crippen molar-refractivity contribution in [3.8, 4) is 0 Å². The van der Waals surface area contributed by atoms with E-state index in [-0.39, 0.29) is 0 Å². The molecule has 0 fully saturated rings. The van der Waals surface area contributed by atoms with Crippen molar-refractivity contribution >= 4 is 11.6 Å². The number of nitrogens with zero attached hydrogens (tertiary/aromatic N) is 1. The first-order valence-electron chi connectivity index (χ1n) is 5.03. The highest BCUT2D eigenvalue weighted by molar-refractivity contribution is 5.94. The first-order chi connectivity index (χ1) is 7.19. The Balaban J connectivity index is 2.93. The Bertz CT molecular complexity index is 337. The van der Waals surface area contributed by atoms with E-state index in [1.165, 1.54) is 11.1 Å². The van der Waals surface area contributed by atoms with Gasteiger partial charge in [0, 0.05) is 12.2 Å². The summed E-state index contributed by atoms with van der Waals surface area (Å²) in [5.74, 6) is 5.96. The molecule has 4 N–H and O–H groups in total. The van der Waals surface area contributed by atoms with Crippen molar-refractivity contribution in [1.29, 1.82) is 0 Å². The Hall–Kier alpha value is -1.55. The fraction of sp³-hybridized carbons (Fsp3) is 0.364. The lowest BCUT2D eigenvalue weighted by molar-refractivity contribution is 0.985. The summed E-state index contributed by atoms with van der Waals surface area (Å²) in [7, 11) is 0. The van der Waals surface area contributed by atoms with E-state index >= 15 is 0 Å². The number of hydrazine groups is 1. The summed E-state index contributed by atoms with van der Waals surface area (Å²) in [6, 6.07) is 6.13. The minimum atomic E-state index is 0.592. The molecule has 0 aliphatic heterocycles. The van der Waals surface area contributed by atoms with Gasteiger partial charge in [-0.3, -0.25) is 10.4 Å². The van der Waals surface area contributed by atoms with Crippen molar-refractivity contribution < 1.29 is 0 Å². The highest BCUT2D eigenvalue weighted by Gasteiger charge is 2.03. The third-order valence-corrected chi connectivity index (χ3v) is 2.18. The molecule has 0 saturated heterocycles. The Labute approximate surface area is 90.6 Å². The standard InChI is InChI=1S/C11H18N4/c1-4-13-11(15-12)14-10-8(2)6-5-7-9(10)3/h5-7H,4,12H2,1-3H3,(H2,13,14,15). The van der Waals surface area contributed by atoms with Gasteiger partial charge in [-0.05, 0) is 31.9 Å². The van der Waals surface area contributed by atoms with E-state index in [1.807, 2.05) is 13.0 Å². The number of guanidine groups is 1. The topological polar surface area (TPSA) is 62.4 Å². The SMILES string of the molecule is CCN=C(NN)Nc1c(C)cccc1C. The van der Waals surface area contributed by atoms with Gasteiger partial charge in [0.05, 0.1) is 0 Å². The van der Waals surface area contributed by atoms with Crippen molar-refractivity contribution in [1.82, 2.24) is 5.43 Å². The molecule has 0 atom stereocenters. The average molecular weight is 206 g/mol. The van der Waals surface area contributed by atoms with Gasteiger partial charge in [-0.2, -0.15) is 0 Å². The molecular formula is C11H18N4. The number of benzene rings is 1. The van der Waals surface area contributed by atoms with Crippen LogP contribution in [0, 0.1) is 13.8 Å². The molecule has 0 amide bonds. The van der Waals surface area contributed by atoms with E-state index in [0.717, 1.165) is 5.69 Å². The molecule has 0 bridgehead atoms. The minimum Gasteiger partial charge on any atom is -0.325 e. The molecular weight excluding hydrogens is 188 g/mol. The molecule has 1 rings (SSSR count). The van der Waals surface area contributed by atoms with Crippen LogP contribution in [0.5, 0.6) is 0 Å². The molecule has 0 radical (unpaired) electrons. The fourth-order valence-corrected chi connectivity index (χ4v) is 1.41. The van der Waals surface area contributed by atoms with E-state index in [2.05, 4.69) is 41.7 Å². The van der Waals surface area contributed by atoms with E-state index in [9.17, 15) is 0 Å². The lowest BCUT2D eigenvalue weighted by Gasteiger charge is -2.13. The molecule has 15 heavy (non-hydrogen) atoms. The third-order valence-electron chi connectivity index (χ3n) is 2.18. The molecule has 1 aromatic rings. The van der Waals surface area contributed by atoms with Gasteiger partial charge in [0.1, 0.15) is 0 Å². The van der Waals surface area contributed by atoms with Gasteiger partial charge in [0.25, 0.3) is 0 Å². The number of para-hydroxylation sites is 1. The Morgan fingerprint density at radius 2 is 1.93 bits per heavy atom. The molecule has 82 valence electrons. The summed E-state index contributed by atoms with van der Waals surface area (Å²) >= 11 is 0. The second-order valence-corrected chi connectivity index (χ2v) is 3.36. The van der Waals surface area contributed by atoms with Crippen LogP contribution in [0.2, 0.25) is 0 Å². The maximum absolute atomic E-state index is 5.36. The lowest BCUT2D eigenvalue weighted by atomic mass is 10.1. The number of hydrogen-bond acceptors (Lipinski definition) is 2. The monoisotopic (exact) mass is 206 g/mol. The van der Waals surface area contributed by atoms with Crippen LogP contribution >= 0.6 is 0 Å². The van der Waals surface area contributed by atoms with E-state index < -0.39 is 0 Å². The Kier molecular flexibility index (Phi) is 4.12. The quantitative estimate of drug-likeness (QED) is 0.298. The number of hydrogen-bond donors (Lipinski definition) is 3. The van der Waals surface area contributed by atoms with Gasteiger partial charge in [-0.25, -0.2) is 5.84 Å². The normalized spacial score (nSPS) is 11.3. The van der Waals surface area contributed by atoms with E-state index in [0.29, 0.717) is 12.5 Å². The first kappa shape index (κ1) is 11.5. The molecule has 0 aromatic heterocycles. The first-order valence-corrected chi connectivity index (χ1v) is 5.03. The van der Waals surface area contributed by atoms with Crippen molar-refractivity contribution in [2.75, 3.05) is 11.9 Å². The van der Waals surface area contributed by atoms with Gasteiger partial charge in [0.15, 0.2) is 0 Å². The average Bonchev–Trinajstić information content (AvgIpc) is 2.22. The third kappa shape index (κ3) is 2.95. The zero-order valence-electron chi connectivity index (χ0n) is 9.46. The smallest absolute Gasteiger partial charge is 0.210 e. The molecule has 0 saturated carbocycles. The minimum absolute atomic E-state index is 0.592. The van der Waals surface area contributed by atoms with Crippen LogP contribution in [0.3, 0.4) is 0 Å². The van der Waals surface area contributed by atoms with Crippen molar-refractivity contribution in [3.05, 3.63) is 29.3 Å². The number of rotatable bonds is 2. The molecule has 1 aromatic carbocycles. The summed E-state index contributed by atoms with van der Waals surface area (Å²) in [4.78, 5) is 4.19. The summed E-state index contributed by atoms with van der Waals surface area (Å²) in [5, 5.41) is 3.18. The molecule has 0 unspecified atom stereocenters.